The van der Waals surface area contributed by atoms with Crippen LogP contribution in [0.4, 0.5) is 5.69 Å². The zero-order valence-corrected chi connectivity index (χ0v) is 16.4. The molecule has 0 unspecified atom stereocenters. The average Bonchev–Trinajstić information content (AvgIpc) is 3.16. The molecule has 0 fully saturated rings. The number of H-pyrrole nitrogens is 1. The number of carbonyl (C=O) groups is 1. The van der Waals surface area contributed by atoms with E-state index in [2.05, 4.69) is 10.3 Å². The van der Waals surface area contributed by atoms with Crippen LogP contribution < -0.4 is 14.8 Å². The number of aromatic nitrogens is 1. The second-order valence-electron chi connectivity index (χ2n) is 6.73. The van der Waals surface area contributed by atoms with Gasteiger partial charge in [-0.15, -0.1) is 0 Å². The summed E-state index contributed by atoms with van der Waals surface area (Å²) in [5.74, 6) is 1.46. The molecule has 0 aliphatic heterocycles. The highest BCUT2D eigenvalue weighted by molar-refractivity contribution is 5.96. The Morgan fingerprint density at radius 1 is 0.966 bits per heavy atom. The van der Waals surface area contributed by atoms with Gasteiger partial charge in [0.1, 0.15) is 11.5 Å². The maximum absolute atomic E-state index is 12.6. The minimum Gasteiger partial charge on any atom is -0.497 e. The van der Waals surface area contributed by atoms with Crippen LogP contribution in [0.25, 0.3) is 22.0 Å². The van der Waals surface area contributed by atoms with Crippen molar-refractivity contribution in [3.8, 4) is 22.6 Å². The summed E-state index contributed by atoms with van der Waals surface area (Å²) in [6.07, 6.45) is 2.19. The Kier molecular flexibility index (Phi) is 5.20. The molecule has 3 aromatic carbocycles. The molecule has 0 saturated heterocycles. The second kappa shape index (κ2) is 8.10. The number of aromatic amines is 1. The molecule has 5 heteroatoms. The van der Waals surface area contributed by atoms with Gasteiger partial charge in [-0.3, -0.25) is 4.79 Å². The molecule has 146 valence electrons. The summed E-state index contributed by atoms with van der Waals surface area (Å²) < 4.78 is 10.7. The fourth-order valence-corrected chi connectivity index (χ4v) is 3.44. The highest BCUT2D eigenvalue weighted by Crippen LogP contribution is 2.33. The van der Waals surface area contributed by atoms with Crippen molar-refractivity contribution in [1.82, 2.24) is 4.98 Å². The SMILES string of the molecule is COc1ccc(-c2cc(NC(=O)Cc3c[nH]c4ccccc34)ccc2OC)cc1. The fraction of sp³-hybridized carbons (Fsp3) is 0.125. The summed E-state index contributed by atoms with van der Waals surface area (Å²) >= 11 is 0. The van der Waals surface area contributed by atoms with Gasteiger partial charge < -0.3 is 19.8 Å². The monoisotopic (exact) mass is 386 g/mol. The first-order valence-electron chi connectivity index (χ1n) is 9.35. The quantitative estimate of drug-likeness (QED) is 0.488. The highest BCUT2D eigenvalue weighted by Gasteiger charge is 2.12. The van der Waals surface area contributed by atoms with Crippen molar-refractivity contribution >= 4 is 22.5 Å². The first kappa shape index (κ1) is 18.6. The lowest BCUT2D eigenvalue weighted by molar-refractivity contribution is -0.115. The molecular weight excluding hydrogens is 364 g/mol. The van der Waals surface area contributed by atoms with E-state index in [1.165, 1.54) is 0 Å². The number of ether oxygens (including phenoxy) is 2. The van der Waals surface area contributed by atoms with Gasteiger partial charge in [0.25, 0.3) is 0 Å². The Morgan fingerprint density at radius 2 is 1.76 bits per heavy atom. The predicted octanol–water partition coefficient (Wildman–Crippen LogP) is 5.03. The van der Waals surface area contributed by atoms with Crippen LogP contribution in [0.1, 0.15) is 5.56 Å². The van der Waals surface area contributed by atoms with E-state index in [-0.39, 0.29) is 5.91 Å². The molecule has 1 aromatic heterocycles. The average molecular weight is 386 g/mol. The van der Waals surface area contributed by atoms with Crippen molar-refractivity contribution < 1.29 is 14.3 Å². The van der Waals surface area contributed by atoms with Gasteiger partial charge in [0.15, 0.2) is 0 Å². The predicted molar refractivity (Wildman–Crippen MR) is 116 cm³/mol. The van der Waals surface area contributed by atoms with Crippen LogP contribution in [-0.4, -0.2) is 25.1 Å². The molecule has 0 spiro atoms. The zero-order chi connectivity index (χ0) is 20.2. The number of nitrogens with one attached hydrogen (secondary N) is 2. The van der Waals surface area contributed by atoms with Crippen LogP contribution in [0.2, 0.25) is 0 Å². The molecule has 4 aromatic rings. The van der Waals surface area contributed by atoms with Gasteiger partial charge in [-0.1, -0.05) is 30.3 Å². The van der Waals surface area contributed by atoms with Crippen LogP contribution in [0.5, 0.6) is 11.5 Å². The summed E-state index contributed by atoms with van der Waals surface area (Å²) in [5.41, 5.74) is 4.61. The van der Waals surface area contributed by atoms with Crippen LogP contribution in [-0.2, 0) is 11.2 Å². The van der Waals surface area contributed by atoms with Crippen molar-refractivity contribution in [2.45, 2.75) is 6.42 Å². The number of amides is 1. The van der Waals surface area contributed by atoms with Gasteiger partial charge in [0.2, 0.25) is 5.91 Å². The molecule has 0 radical (unpaired) electrons. The molecule has 0 atom stereocenters. The largest absolute Gasteiger partial charge is 0.497 e. The number of anilines is 1. The number of methoxy groups -OCH3 is 2. The van der Waals surface area contributed by atoms with Crippen LogP contribution in [0.3, 0.4) is 0 Å². The Labute approximate surface area is 169 Å². The van der Waals surface area contributed by atoms with Gasteiger partial charge in [0.05, 0.1) is 20.6 Å². The van der Waals surface area contributed by atoms with E-state index in [1.807, 2.05) is 72.9 Å². The first-order valence-corrected chi connectivity index (χ1v) is 9.35. The summed E-state index contributed by atoms with van der Waals surface area (Å²) in [4.78, 5) is 15.8. The molecule has 1 heterocycles. The fourth-order valence-electron chi connectivity index (χ4n) is 3.44. The van der Waals surface area contributed by atoms with E-state index in [0.717, 1.165) is 44.8 Å². The number of para-hydroxylation sites is 1. The number of fused-ring (bicyclic) bond motifs is 1. The van der Waals surface area contributed by atoms with Gasteiger partial charge in [-0.25, -0.2) is 0 Å². The van der Waals surface area contributed by atoms with Gasteiger partial charge in [-0.2, -0.15) is 0 Å². The van der Waals surface area contributed by atoms with E-state index in [9.17, 15) is 4.79 Å². The van der Waals surface area contributed by atoms with Crippen molar-refractivity contribution in [3.63, 3.8) is 0 Å². The van der Waals surface area contributed by atoms with Crippen LogP contribution in [0.15, 0.2) is 72.9 Å². The second-order valence-corrected chi connectivity index (χ2v) is 6.73. The van der Waals surface area contributed by atoms with E-state index < -0.39 is 0 Å². The van der Waals surface area contributed by atoms with Crippen molar-refractivity contribution in [2.24, 2.45) is 0 Å². The molecule has 5 nitrogen and oxygen atoms in total. The number of rotatable bonds is 6. The van der Waals surface area contributed by atoms with Crippen LogP contribution >= 0.6 is 0 Å². The minimum atomic E-state index is -0.0689. The van der Waals surface area contributed by atoms with Crippen molar-refractivity contribution in [2.75, 3.05) is 19.5 Å². The smallest absolute Gasteiger partial charge is 0.228 e. The third kappa shape index (κ3) is 3.94. The number of hydrogen-bond donors (Lipinski definition) is 2. The van der Waals surface area contributed by atoms with E-state index >= 15 is 0 Å². The standard InChI is InChI=1S/C24H22N2O3/c1-28-19-10-7-16(8-11-19)21-14-18(9-12-23(21)29-2)26-24(27)13-17-15-25-22-6-4-3-5-20(17)22/h3-12,14-15,25H,13H2,1-2H3,(H,26,27). The van der Waals surface area contributed by atoms with Gasteiger partial charge in [-0.05, 0) is 47.5 Å². The zero-order valence-electron chi connectivity index (χ0n) is 16.4. The first-order chi connectivity index (χ1) is 14.2. The summed E-state index contributed by atoms with van der Waals surface area (Å²) in [5, 5.41) is 4.06. The molecule has 4 rings (SSSR count). The molecule has 2 N–H and O–H groups in total. The summed E-state index contributed by atoms with van der Waals surface area (Å²) in [6, 6.07) is 21.3. The molecule has 0 saturated carbocycles. The number of hydrogen-bond acceptors (Lipinski definition) is 3. The Balaban J connectivity index is 1.56. The molecule has 0 aliphatic rings. The lowest BCUT2D eigenvalue weighted by Gasteiger charge is -2.12. The Hall–Kier alpha value is -3.73. The van der Waals surface area contributed by atoms with Crippen molar-refractivity contribution in [1.29, 1.82) is 0 Å². The summed E-state index contributed by atoms with van der Waals surface area (Å²) in [6.45, 7) is 0. The number of benzene rings is 3. The molecule has 1 amide bonds. The maximum Gasteiger partial charge on any atom is 0.228 e. The lowest BCUT2D eigenvalue weighted by atomic mass is 10.0. The van der Waals surface area contributed by atoms with E-state index in [0.29, 0.717) is 6.42 Å². The van der Waals surface area contributed by atoms with Crippen LogP contribution in [0, 0.1) is 0 Å². The minimum absolute atomic E-state index is 0.0689. The number of carbonyl (C=O) groups excluding carboxylic acids is 1. The van der Waals surface area contributed by atoms with E-state index in [1.54, 1.807) is 14.2 Å². The Bertz CT molecular complexity index is 1150. The Morgan fingerprint density at radius 3 is 2.52 bits per heavy atom. The molecule has 0 bridgehead atoms. The molecular formula is C24H22N2O3. The molecule has 29 heavy (non-hydrogen) atoms. The van der Waals surface area contributed by atoms with Gasteiger partial charge in [0, 0.05) is 28.4 Å². The van der Waals surface area contributed by atoms with Gasteiger partial charge >= 0.3 is 0 Å². The third-order valence-electron chi connectivity index (χ3n) is 4.91. The maximum atomic E-state index is 12.6. The lowest BCUT2D eigenvalue weighted by Crippen LogP contribution is -2.14. The van der Waals surface area contributed by atoms with E-state index in [4.69, 9.17) is 9.47 Å². The molecule has 0 aliphatic carbocycles. The topological polar surface area (TPSA) is 63.3 Å². The summed E-state index contributed by atoms with van der Waals surface area (Å²) in [7, 11) is 3.27. The van der Waals surface area contributed by atoms with Crippen molar-refractivity contribution in [3.05, 3.63) is 78.5 Å². The normalized spacial score (nSPS) is 10.7. The third-order valence-corrected chi connectivity index (χ3v) is 4.91. The highest BCUT2D eigenvalue weighted by atomic mass is 16.5.